The second-order valence-electron chi connectivity index (χ2n) is 13.5. The summed E-state index contributed by atoms with van der Waals surface area (Å²) in [7, 11) is 1.26. The molecule has 11 nitrogen and oxygen atoms in total. The number of nitrogens with one attached hydrogen (secondary N) is 4. The Kier molecular flexibility index (Phi) is 18.2. The number of hydrogen-bond acceptors (Lipinski definition) is 7. The lowest BCUT2D eigenvalue weighted by atomic mass is 9.94. The van der Waals surface area contributed by atoms with Crippen molar-refractivity contribution in [2.75, 3.05) is 7.11 Å². The van der Waals surface area contributed by atoms with E-state index in [1.54, 1.807) is 13.8 Å². The molecular weight excluding hydrogens is 586 g/mol. The number of carbonyl (C=O) groups excluding carboxylic acids is 5. The number of esters is 1. The van der Waals surface area contributed by atoms with E-state index >= 15 is 0 Å². The van der Waals surface area contributed by atoms with E-state index in [1.807, 2.05) is 71.9 Å². The largest absolute Gasteiger partial charge is 0.467 e. The van der Waals surface area contributed by atoms with Crippen molar-refractivity contribution >= 4 is 29.6 Å². The summed E-state index contributed by atoms with van der Waals surface area (Å²) < 4.78 is 4.85. The Morgan fingerprint density at radius 2 is 1.37 bits per heavy atom. The van der Waals surface area contributed by atoms with Gasteiger partial charge in [0.1, 0.15) is 18.1 Å². The molecule has 46 heavy (non-hydrogen) atoms. The molecule has 0 saturated heterocycles. The van der Waals surface area contributed by atoms with Crippen LogP contribution in [0.15, 0.2) is 30.3 Å². The van der Waals surface area contributed by atoms with E-state index in [0.717, 1.165) is 5.56 Å². The molecule has 0 aliphatic heterocycles. The highest BCUT2D eigenvalue weighted by molar-refractivity contribution is 5.91. The average molecular weight is 646 g/mol. The van der Waals surface area contributed by atoms with Crippen molar-refractivity contribution in [3.05, 3.63) is 35.9 Å². The molecule has 0 saturated carbocycles. The second kappa shape index (κ2) is 20.6. The average Bonchev–Trinajstić information content (AvgIpc) is 2.98. The minimum Gasteiger partial charge on any atom is -0.467 e. The van der Waals surface area contributed by atoms with Gasteiger partial charge >= 0.3 is 5.97 Å². The Balaban J connectivity index is 3.15. The van der Waals surface area contributed by atoms with Crippen molar-refractivity contribution in [3.8, 4) is 0 Å². The number of carbonyl (C=O) groups is 5. The van der Waals surface area contributed by atoms with Crippen LogP contribution in [0.2, 0.25) is 0 Å². The Hall–Kier alpha value is -3.47. The first-order valence-electron chi connectivity index (χ1n) is 16.7. The first-order valence-corrected chi connectivity index (χ1v) is 16.7. The van der Waals surface area contributed by atoms with E-state index in [1.165, 1.54) is 7.11 Å². The molecule has 6 N–H and O–H groups in total. The molecule has 1 aromatic carbocycles. The molecule has 260 valence electrons. The number of nitrogens with two attached hydrogens (primary N) is 1. The van der Waals surface area contributed by atoms with Gasteiger partial charge < -0.3 is 31.7 Å². The van der Waals surface area contributed by atoms with Crippen LogP contribution in [-0.4, -0.2) is 66.9 Å². The summed E-state index contributed by atoms with van der Waals surface area (Å²) in [6.45, 7) is 15.2. The van der Waals surface area contributed by atoms with Gasteiger partial charge in [0.05, 0.1) is 7.11 Å². The molecule has 0 heterocycles. The zero-order valence-corrected chi connectivity index (χ0v) is 29.4. The minimum atomic E-state index is -0.903. The van der Waals surface area contributed by atoms with Gasteiger partial charge in [-0.05, 0) is 48.5 Å². The van der Waals surface area contributed by atoms with Crippen molar-refractivity contribution in [3.63, 3.8) is 0 Å². The van der Waals surface area contributed by atoms with Crippen LogP contribution in [0.25, 0.3) is 0 Å². The van der Waals surface area contributed by atoms with Crippen LogP contribution in [0.4, 0.5) is 0 Å². The van der Waals surface area contributed by atoms with Gasteiger partial charge in [0.2, 0.25) is 23.6 Å². The summed E-state index contributed by atoms with van der Waals surface area (Å²) >= 11 is 0. The lowest BCUT2D eigenvalue weighted by molar-refractivity contribution is -0.147. The second-order valence-corrected chi connectivity index (χ2v) is 13.5. The Morgan fingerprint density at radius 1 is 0.761 bits per heavy atom. The molecule has 0 bridgehead atoms. The van der Waals surface area contributed by atoms with Gasteiger partial charge in [-0.3, -0.25) is 19.2 Å². The molecule has 11 heteroatoms. The minimum absolute atomic E-state index is 0.145. The van der Waals surface area contributed by atoms with Gasteiger partial charge in [0.15, 0.2) is 0 Å². The number of aryl methyl sites for hydroxylation is 1. The fourth-order valence-corrected chi connectivity index (χ4v) is 5.13. The SMILES string of the molecule is CC[C@H](C)[C@H](NC(=O)C[C@H](N)[C@H](CCc1ccccc1)NC(=O)[C@H](CC(C)C)NC(=O)CC(C)C)C(=O)N[C@H](C(=O)OC)C(C)C. The summed E-state index contributed by atoms with van der Waals surface area (Å²) in [5.74, 6) is -2.19. The third-order valence-electron chi connectivity index (χ3n) is 8.04. The molecule has 0 radical (unpaired) electrons. The van der Waals surface area contributed by atoms with E-state index in [2.05, 4.69) is 21.3 Å². The highest BCUT2D eigenvalue weighted by Crippen LogP contribution is 2.14. The van der Waals surface area contributed by atoms with Gasteiger partial charge in [-0.25, -0.2) is 4.79 Å². The first-order chi connectivity index (χ1) is 21.6. The van der Waals surface area contributed by atoms with E-state index in [9.17, 15) is 24.0 Å². The third kappa shape index (κ3) is 14.7. The molecule has 0 aliphatic carbocycles. The monoisotopic (exact) mass is 645 g/mol. The van der Waals surface area contributed by atoms with Crippen LogP contribution in [0.5, 0.6) is 0 Å². The smallest absolute Gasteiger partial charge is 0.328 e. The fourth-order valence-electron chi connectivity index (χ4n) is 5.13. The van der Waals surface area contributed by atoms with Gasteiger partial charge in [-0.1, -0.05) is 92.1 Å². The molecule has 0 aromatic heterocycles. The van der Waals surface area contributed by atoms with E-state index in [4.69, 9.17) is 10.5 Å². The number of hydrogen-bond donors (Lipinski definition) is 5. The van der Waals surface area contributed by atoms with Crippen LogP contribution in [0.1, 0.15) is 93.1 Å². The predicted octanol–water partition coefficient (Wildman–Crippen LogP) is 3.24. The zero-order valence-electron chi connectivity index (χ0n) is 29.4. The molecule has 4 amide bonds. The Labute approximate surface area is 275 Å². The number of amides is 4. The summed E-state index contributed by atoms with van der Waals surface area (Å²) in [4.78, 5) is 65.1. The predicted molar refractivity (Wildman–Crippen MR) is 180 cm³/mol. The zero-order chi connectivity index (χ0) is 35.0. The van der Waals surface area contributed by atoms with Gasteiger partial charge in [0.25, 0.3) is 0 Å². The van der Waals surface area contributed by atoms with Crippen molar-refractivity contribution in [1.82, 2.24) is 21.3 Å². The lowest BCUT2D eigenvalue weighted by Crippen LogP contribution is -2.57. The highest BCUT2D eigenvalue weighted by Gasteiger charge is 2.33. The molecule has 1 aromatic rings. The van der Waals surface area contributed by atoms with Crippen LogP contribution in [0, 0.1) is 23.7 Å². The van der Waals surface area contributed by atoms with Crippen LogP contribution < -0.4 is 27.0 Å². The van der Waals surface area contributed by atoms with E-state index in [-0.39, 0.29) is 41.9 Å². The molecule has 0 unspecified atom stereocenters. The van der Waals surface area contributed by atoms with Crippen LogP contribution >= 0.6 is 0 Å². The first kappa shape index (κ1) is 40.6. The maximum atomic E-state index is 13.6. The van der Waals surface area contributed by atoms with Gasteiger partial charge in [-0.2, -0.15) is 0 Å². The highest BCUT2D eigenvalue weighted by atomic mass is 16.5. The number of benzene rings is 1. The summed E-state index contributed by atoms with van der Waals surface area (Å²) in [5.41, 5.74) is 7.67. The van der Waals surface area contributed by atoms with Gasteiger partial charge in [-0.15, -0.1) is 0 Å². The van der Waals surface area contributed by atoms with Crippen molar-refractivity contribution in [2.45, 2.75) is 124 Å². The lowest BCUT2D eigenvalue weighted by Gasteiger charge is -2.30. The fraction of sp³-hybridized carbons (Fsp3) is 0.686. The van der Waals surface area contributed by atoms with E-state index in [0.29, 0.717) is 32.1 Å². The molecule has 6 atom stereocenters. The molecule has 0 fully saturated rings. The number of ether oxygens (including phenoxy) is 1. The van der Waals surface area contributed by atoms with Gasteiger partial charge in [0, 0.05) is 24.9 Å². The molecule has 0 aliphatic rings. The standard InChI is InChI=1S/C35H59N5O6/c1-10-24(8)32(34(44)40-31(23(6)7)35(45)46-9)39-30(42)20-26(36)27(17-16-25-14-12-11-13-15-25)38-33(43)28(18-21(2)3)37-29(41)19-22(4)5/h11-15,21-24,26-28,31-32H,10,16-20,36H2,1-9H3,(H,37,41)(H,38,43)(H,39,42)(H,40,44)/t24-,26-,27-,28-,31-,32-/m0/s1. The summed E-state index contributed by atoms with van der Waals surface area (Å²) in [6.07, 6.45) is 2.28. The number of methoxy groups -OCH3 is 1. The van der Waals surface area contributed by atoms with Crippen LogP contribution in [0.3, 0.4) is 0 Å². The molecule has 0 spiro atoms. The van der Waals surface area contributed by atoms with Crippen LogP contribution in [-0.2, 0) is 35.1 Å². The maximum absolute atomic E-state index is 13.6. The van der Waals surface area contributed by atoms with Crippen molar-refractivity contribution in [2.24, 2.45) is 29.4 Å². The van der Waals surface area contributed by atoms with E-state index < -0.39 is 48.0 Å². The number of rotatable bonds is 20. The van der Waals surface area contributed by atoms with Crippen molar-refractivity contribution < 1.29 is 28.7 Å². The summed E-state index contributed by atoms with van der Waals surface area (Å²) in [6, 6.07) is 5.89. The Bertz CT molecular complexity index is 1110. The normalized spacial score (nSPS) is 15.3. The molecule has 1 rings (SSSR count). The molecular formula is C35H59N5O6. The topological polar surface area (TPSA) is 169 Å². The van der Waals surface area contributed by atoms with Crippen molar-refractivity contribution in [1.29, 1.82) is 0 Å². The maximum Gasteiger partial charge on any atom is 0.328 e. The third-order valence-corrected chi connectivity index (χ3v) is 8.04. The Morgan fingerprint density at radius 3 is 1.89 bits per heavy atom. The quantitative estimate of drug-likeness (QED) is 0.136. The summed E-state index contributed by atoms with van der Waals surface area (Å²) in [5, 5.41) is 11.5.